The molecule has 0 spiro atoms. The number of likely N-dealkylation sites (tertiary alicyclic amines) is 1. The third-order valence-corrected chi connectivity index (χ3v) is 4.41. The average Bonchev–Trinajstić information content (AvgIpc) is 3.04. The van der Waals surface area contributed by atoms with Gasteiger partial charge in [0, 0.05) is 13.1 Å². The molecule has 3 fully saturated rings. The normalized spacial score (nSPS) is 34.3. The summed E-state index contributed by atoms with van der Waals surface area (Å²) in [7, 11) is 0. The molecule has 1 aliphatic heterocycles. The minimum Gasteiger partial charge on any atom is -0.341 e. The van der Waals surface area contributed by atoms with Crippen molar-refractivity contribution >= 4 is 5.91 Å². The van der Waals surface area contributed by atoms with Gasteiger partial charge in [-0.15, -0.1) is 0 Å². The Kier molecular flexibility index (Phi) is 2.06. The van der Waals surface area contributed by atoms with Crippen LogP contribution >= 0.6 is 0 Å². The lowest BCUT2D eigenvalue weighted by Gasteiger charge is -2.33. The predicted octanol–water partition coefficient (Wildman–Crippen LogP) is 1.13. The molecule has 0 bridgehead atoms. The van der Waals surface area contributed by atoms with E-state index < -0.39 is 0 Å². The first-order chi connectivity index (χ1) is 7.21. The van der Waals surface area contributed by atoms with Crippen molar-refractivity contribution in [3.8, 4) is 0 Å². The van der Waals surface area contributed by atoms with Crippen molar-refractivity contribution in [2.24, 2.45) is 17.1 Å². The summed E-state index contributed by atoms with van der Waals surface area (Å²) >= 11 is 0. The van der Waals surface area contributed by atoms with Crippen molar-refractivity contribution < 1.29 is 4.79 Å². The van der Waals surface area contributed by atoms with E-state index >= 15 is 0 Å². The van der Waals surface area contributed by atoms with Crippen LogP contribution in [-0.4, -0.2) is 29.9 Å². The predicted molar refractivity (Wildman–Crippen MR) is 58.2 cm³/mol. The van der Waals surface area contributed by atoms with Crippen molar-refractivity contribution in [3.63, 3.8) is 0 Å². The lowest BCUT2D eigenvalue weighted by atomic mass is 9.97. The van der Waals surface area contributed by atoms with Gasteiger partial charge in [0.15, 0.2) is 0 Å². The lowest BCUT2D eigenvalue weighted by molar-refractivity contribution is -0.136. The maximum Gasteiger partial charge on any atom is 0.239 e. The summed E-state index contributed by atoms with van der Waals surface area (Å²) in [5, 5.41) is 0. The molecule has 1 amide bonds. The highest BCUT2D eigenvalue weighted by atomic mass is 16.2. The molecule has 84 valence electrons. The fourth-order valence-corrected chi connectivity index (χ4v) is 3.06. The van der Waals surface area contributed by atoms with Crippen molar-refractivity contribution in [3.05, 3.63) is 0 Å². The largest absolute Gasteiger partial charge is 0.341 e. The standard InChI is InChI=1S/C12H20N2O/c13-10-2-1-7-14(11(10)15)8-12(5-6-12)9-3-4-9/h9-10H,1-8,13H2. The maximum atomic E-state index is 11.9. The highest BCUT2D eigenvalue weighted by Gasteiger charge is 2.55. The zero-order valence-electron chi connectivity index (χ0n) is 9.24. The van der Waals surface area contributed by atoms with Crippen molar-refractivity contribution in [1.29, 1.82) is 0 Å². The number of carbonyl (C=O) groups is 1. The summed E-state index contributed by atoms with van der Waals surface area (Å²) in [5.41, 5.74) is 6.34. The molecule has 0 radical (unpaired) electrons. The zero-order chi connectivity index (χ0) is 10.5. The third-order valence-electron chi connectivity index (χ3n) is 4.41. The quantitative estimate of drug-likeness (QED) is 0.755. The second-order valence-electron chi connectivity index (χ2n) is 5.65. The van der Waals surface area contributed by atoms with Crippen LogP contribution in [-0.2, 0) is 4.79 Å². The molecule has 0 aromatic heterocycles. The van der Waals surface area contributed by atoms with Gasteiger partial charge in [0.05, 0.1) is 6.04 Å². The number of nitrogens with two attached hydrogens (primary N) is 1. The van der Waals surface area contributed by atoms with Gasteiger partial charge in [-0.25, -0.2) is 0 Å². The molecule has 3 heteroatoms. The minimum absolute atomic E-state index is 0.202. The number of carbonyl (C=O) groups excluding carboxylic acids is 1. The Morgan fingerprint density at radius 3 is 2.67 bits per heavy atom. The van der Waals surface area contributed by atoms with E-state index in [1.54, 1.807) is 0 Å². The Balaban J connectivity index is 1.64. The molecule has 1 heterocycles. The summed E-state index contributed by atoms with van der Waals surface area (Å²) in [6.07, 6.45) is 7.45. The molecule has 1 saturated heterocycles. The molecular weight excluding hydrogens is 188 g/mol. The van der Waals surface area contributed by atoms with Crippen LogP contribution in [0.3, 0.4) is 0 Å². The maximum absolute atomic E-state index is 11.9. The average molecular weight is 208 g/mol. The number of hydrogen-bond donors (Lipinski definition) is 1. The first kappa shape index (κ1) is 9.64. The molecule has 0 aromatic rings. The number of piperidine rings is 1. The van der Waals surface area contributed by atoms with Gasteiger partial charge >= 0.3 is 0 Å². The lowest BCUT2D eigenvalue weighted by Crippen LogP contribution is -2.50. The molecule has 1 unspecified atom stereocenters. The summed E-state index contributed by atoms with van der Waals surface area (Å²) in [6.45, 7) is 1.95. The number of amides is 1. The summed E-state index contributed by atoms with van der Waals surface area (Å²) < 4.78 is 0. The summed E-state index contributed by atoms with van der Waals surface area (Å²) in [4.78, 5) is 13.9. The van der Waals surface area contributed by atoms with E-state index in [4.69, 9.17) is 5.73 Å². The van der Waals surface area contributed by atoms with Gasteiger partial charge in [0.2, 0.25) is 5.91 Å². The van der Waals surface area contributed by atoms with Gasteiger partial charge in [-0.1, -0.05) is 0 Å². The molecule has 2 aliphatic carbocycles. The van der Waals surface area contributed by atoms with Crippen LogP contribution in [0, 0.1) is 11.3 Å². The first-order valence-electron chi connectivity index (χ1n) is 6.26. The highest BCUT2D eigenvalue weighted by Crippen LogP contribution is 2.61. The Morgan fingerprint density at radius 1 is 1.33 bits per heavy atom. The minimum atomic E-state index is -0.214. The molecule has 3 aliphatic rings. The number of rotatable bonds is 3. The Morgan fingerprint density at radius 2 is 2.07 bits per heavy atom. The Bertz CT molecular complexity index is 281. The van der Waals surface area contributed by atoms with Crippen molar-refractivity contribution in [2.45, 2.75) is 44.6 Å². The molecule has 15 heavy (non-hydrogen) atoms. The zero-order valence-corrected chi connectivity index (χ0v) is 9.24. The molecule has 2 N–H and O–H groups in total. The van der Waals surface area contributed by atoms with Gasteiger partial charge in [0.25, 0.3) is 0 Å². The Hall–Kier alpha value is -0.570. The second-order valence-corrected chi connectivity index (χ2v) is 5.65. The molecule has 3 rings (SSSR count). The van der Waals surface area contributed by atoms with Crippen LogP contribution in [0.5, 0.6) is 0 Å². The third kappa shape index (κ3) is 1.67. The van der Waals surface area contributed by atoms with E-state index in [0.717, 1.165) is 31.8 Å². The topological polar surface area (TPSA) is 46.3 Å². The van der Waals surface area contributed by atoms with E-state index in [-0.39, 0.29) is 11.9 Å². The van der Waals surface area contributed by atoms with Gasteiger partial charge in [-0.2, -0.15) is 0 Å². The highest BCUT2D eigenvalue weighted by molar-refractivity contribution is 5.82. The van der Waals surface area contributed by atoms with Crippen molar-refractivity contribution in [1.82, 2.24) is 4.90 Å². The summed E-state index contributed by atoms with van der Waals surface area (Å²) in [6, 6.07) is -0.214. The number of nitrogens with zero attached hydrogens (tertiary/aromatic N) is 1. The van der Waals surface area contributed by atoms with E-state index in [1.165, 1.54) is 25.7 Å². The fraction of sp³-hybridized carbons (Fsp3) is 0.917. The van der Waals surface area contributed by atoms with E-state index in [0.29, 0.717) is 5.41 Å². The molecule has 0 aromatic carbocycles. The van der Waals surface area contributed by atoms with Crippen LogP contribution in [0.2, 0.25) is 0 Å². The first-order valence-corrected chi connectivity index (χ1v) is 6.26. The summed E-state index contributed by atoms with van der Waals surface area (Å²) in [5.74, 6) is 1.14. The van der Waals surface area contributed by atoms with Crippen LogP contribution in [0.25, 0.3) is 0 Å². The van der Waals surface area contributed by atoms with Gasteiger partial charge in [0.1, 0.15) is 0 Å². The molecule has 2 saturated carbocycles. The van der Waals surface area contributed by atoms with Crippen LogP contribution in [0.15, 0.2) is 0 Å². The van der Waals surface area contributed by atoms with Gasteiger partial charge in [-0.3, -0.25) is 4.79 Å². The van der Waals surface area contributed by atoms with E-state index in [1.807, 2.05) is 4.90 Å². The van der Waals surface area contributed by atoms with Crippen LogP contribution < -0.4 is 5.73 Å². The second kappa shape index (κ2) is 3.21. The van der Waals surface area contributed by atoms with Crippen LogP contribution in [0.1, 0.15) is 38.5 Å². The molecular formula is C12H20N2O. The number of hydrogen-bond acceptors (Lipinski definition) is 2. The Labute approximate surface area is 91.0 Å². The van der Waals surface area contributed by atoms with Gasteiger partial charge in [-0.05, 0) is 49.9 Å². The fourth-order valence-electron chi connectivity index (χ4n) is 3.06. The van der Waals surface area contributed by atoms with E-state index in [2.05, 4.69) is 0 Å². The monoisotopic (exact) mass is 208 g/mol. The van der Waals surface area contributed by atoms with Crippen molar-refractivity contribution in [2.75, 3.05) is 13.1 Å². The SMILES string of the molecule is NC1CCCN(CC2(C3CC3)CC2)C1=O. The smallest absolute Gasteiger partial charge is 0.239 e. The van der Waals surface area contributed by atoms with Crippen LogP contribution in [0.4, 0.5) is 0 Å². The van der Waals surface area contributed by atoms with Gasteiger partial charge < -0.3 is 10.6 Å². The molecule has 3 nitrogen and oxygen atoms in total. The molecule has 1 atom stereocenters. The van der Waals surface area contributed by atoms with E-state index in [9.17, 15) is 4.79 Å².